The number of Topliss-reactive ketones (excluding diaryl/α,β-unsaturated/α-hetero) is 1. The van der Waals surface area contributed by atoms with Gasteiger partial charge in [-0.15, -0.1) is 0 Å². The molecule has 72 heavy (non-hydrogen) atoms. The number of alkyl carbamates (subject to hydrolysis) is 1. The average molecular weight is 1020 g/mol. The second kappa shape index (κ2) is 21.8. The maximum absolute atomic E-state index is 16.2. The van der Waals surface area contributed by atoms with E-state index in [1.807, 2.05) is 0 Å². The van der Waals surface area contributed by atoms with E-state index >= 15 is 9.59 Å². The molecule has 2 aromatic rings. The van der Waals surface area contributed by atoms with Gasteiger partial charge in [0.2, 0.25) is 12.0 Å². The number of carbonyl (C=O) groups excluding carboxylic acids is 7. The van der Waals surface area contributed by atoms with Crippen molar-refractivity contribution in [2.24, 2.45) is 16.7 Å². The number of ether oxygens (including phenoxy) is 9. The first-order valence-corrected chi connectivity index (χ1v) is 23.1. The van der Waals surface area contributed by atoms with Crippen LogP contribution in [0.3, 0.4) is 0 Å². The van der Waals surface area contributed by atoms with Crippen LogP contribution in [0.15, 0.2) is 71.8 Å². The number of esters is 4. The van der Waals surface area contributed by atoms with Gasteiger partial charge in [0.25, 0.3) is 0 Å². The van der Waals surface area contributed by atoms with Crippen molar-refractivity contribution in [3.05, 3.63) is 82.9 Å². The molecule has 3 aliphatic carbocycles. The van der Waals surface area contributed by atoms with E-state index in [2.05, 4.69) is 10.6 Å². The molecule has 1 heterocycles. The molecule has 1 saturated heterocycles. The minimum absolute atomic E-state index is 0.101. The third-order valence-corrected chi connectivity index (χ3v) is 14.2. The fourth-order valence-electron chi connectivity index (χ4n) is 10.7. The highest BCUT2D eigenvalue weighted by atomic mass is 16.6. The average Bonchev–Trinajstić information content (AvgIpc) is 0.673. The van der Waals surface area contributed by atoms with Crippen LogP contribution >= 0.6 is 0 Å². The minimum Gasteiger partial charge on any atom is -0.455 e. The van der Waals surface area contributed by atoms with E-state index in [1.165, 1.54) is 75.4 Å². The van der Waals surface area contributed by atoms with Gasteiger partial charge in [0.1, 0.15) is 47.7 Å². The van der Waals surface area contributed by atoms with Crippen molar-refractivity contribution in [1.29, 1.82) is 0 Å². The third kappa shape index (κ3) is 10.7. The predicted octanol–water partition coefficient (Wildman–Crippen LogP) is 5.05. The Balaban J connectivity index is 1.63. The van der Waals surface area contributed by atoms with Crippen LogP contribution in [0.1, 0.15) is 131 Å². The van der Waals surface area contributed by atoms with Gasteiger partial charge in [-0.2, -0.15) is 0 Å². The van der Waals surface area contributed by atoms with Crippen LogP contribution in [-0.4, -0.2) is 140 Å². The largest absolute Gasteiger partial charge is 0.455 e. The standard InChI is InChI=1S/C53H70N2O17/c1-13-66-25-24-37(57)54-30(3)45(59)69-41(39(32-20-16-14-17-21-32)55-48(62)72-49(5,6)7)47(61)68-34-27-53(63)44(70-46(60)33-22-18-15-19-23-33)42-51(10,43(58)40(65-12)38(29(34)2)50(53,8)9)35(64-11)26-36-52(42,28-67-36)71-31(4)56/h14-23,30,34-36,39-42,44,63H,13,24-28H2,1-12H3,(H,54,57)(H,55,62)/t30?,34-,35-,36+,39-,40+,41+,42-,44-,51+,52-,53+/m0/s1/i5D3,6D3,7D3,11D3,12D3. The van der Waals surface area contributed by atoms with Crippen LogP contribution in [0.5, 0.6) is 0 Å². The zero-order chi connectivity index (χ0) is 65.6. The zero-order valence-electron chi connectivity index (χ0n) is 55.7. The number of rotatable bonds is 17. The molecule has 2 amide bonds. The summed E-state index contributed by atoms with van der Waals surface area (Å²) in [6, 6.07) is 9.69. The predicted molar refractivity (Wildman–Crippen MR) is 256 cm³/mol. The highest BCUT2D eigenvalue weighted by Crippen LogP contribution is 2.65. The van der Waals surface area contributed by atoms with Crippen molar-refractivity contribution < 1.29 is 102 Å². The summed E-state index contributed by atoms with van der Waals surface area (Å²) in [6.07, 6.45) is -16.6. The van der Waals surface area contributed by atoms with Gasteiger partial charge in [-0.25, -0.2) is 19.2 Å². The number of hydrogen-bond donors (Lipinski definition) is 3. The summed E-state index contributed by atoms with van der Waals surface area (Å²) in [4.78, 5) is 101. The molecule has 12 atom stereocenters. The van der Waals surface area contributed by atoms with Crippen LogP contribution in [0.2, 0.25) is 0 Å². The lowest BCUT2D eigenvalue weighted by Crippen LogP contribution is -2.82. The monoisotopic (exact) mass is 1020 g/mol. The van der Waals surface area contributed by atoms with Crippen molar-refractivity contribution in [3.63, 3.8) is 0 Å². The normalized spacial score (nSPS) is 33.7. The number of carbonyl (C=O) groups is 7. The van der Waals surface area contributed by atoms with Crippen molar-refractivity contribution in [2.75, 3.05) is 33.9 Å². The Bertz CT molecular complexity index is 2900. The second-order valence-corrected chi connectivity index (χ2v) is 19.0. The maximum Gasteiger partial charge on any atom is 0.408 e. The topological polar surface area (TPSA) is 247 Å². The van der Waals surface area contributed by atoms with Gasteiger partial charge in [-0.3, -0.25) is 14.4 Å². The number of fused-ring (bicyclic) bond motifs is 5. The summed E-state index contributed by atoms with van der Waals surface area (Å²) >= 11 is 0. The van der Waals surface area contributed by atoms with Crippen LogP contribution in [0.4, 0.5) is 4.79 Å². The number of hydrogen-bond acceptors (Lipinski definition) is 17. The van der Waals surface area contributed by atoms with E-state index in [1.54, 1.807) is 13.0 Å². The maximum atomic E-state index is 16.2. The van der Waals surface area contributed by atoms with Gasteiger partial charge in [0.15, 0.2) is 11.4 Å². The van der Waals surface area contributed by atoms with Crippen molar-refractivity contribution in [1.82, 2.24) is 10.6 Å². The van der Waals surface area contributed by atoms with Gasteiger partial charge < -0.3 is 58.4 Å². The summed E-state index contributed by atoms with van der Waals surface area (Å²) < 4.78 is 175. The van der Waals surface area contributed by atoms with Gasteiger partial charge in [0, 0.05) is 64.6 Å². The summed E-state index contributed by atoms with van der Waals surface area (Å²) in [6.45, 7) is -4.11. The minimum atomic E-state index is -4.27. The molecule has 2 aromatic carbocycles. The first-order valence-electron chi connectivity index (χ1n) is 30.6. The molecule has 0 spiro atoms. The van der Waals surface area contributed by atoms with Crippen molar-refractivity contribution >= 4 is 41.7 Å². The summed E-state index contributed by atoms with van der Waals surface area (Å²) in [5.74, 6) is -9.45. The molecule has 3 fully saturated rings. The van der Waals surface area contributed by atoms with E-state index in [-0.39, 0.29) is 36.3 Å². The molecule has 394 valence electrons. The second-order valence-electron chi connectivity index (χ2n) is 19.0. The Hall–Kier alpha value is -5.73. The molecular weight excluding hydrogens is 937 g/mol. The van der Waals surface area contributed by atoms with Crippen molar-refractivity contribution in [2.45, 2.75) is 154 Å². The summed E-state index contributed by atoms with van der Waals surface area (Å²) in [7, 11) is -6.88. The molecule has 3 N–H and O–H groups in total. The van der Waals surface area contributed by atoms with E-state index in [0.717, 1.165) is 20.8 Å². The van der Waals surface area contributed by atoms with Crippen LogP contribution in [-0.2, 0) is 66.6 Å². The van der Waals surface area contributed by atoms with E-state index in [9.17, 15) is 29.1 Å². The van der Waals surface area contributed by atoms with E-state index < -0.39 is 184 Å². The Labute approximate surface area is 441 Å². The highest BCUT2D eigenvalue weighted by Gasteiger charge is 2.78. The molecule has 2 bridgehead atoms. The van der Waals surface area contributed by atoms with Gasteiger partial charge in [0.05, 0.1) is 44.4 Å². The number of aliphatic hydroxyl groups is 1. The molecule has 6 rings (SSSR count). The lowest BCUT2D eigenvalue weighted by Gasteiger charge is -2.67. The number of nitrogens with one attached hydrogen (secondary N) is 2. The first kappa shape index (κ1) is 37.9. The molecule has 1 aliphatic heterocycles. The molecule has 4 aliphatic rings. The number of ketones is 1. The zero-order valence-corrected chi connectivity index (χ0v) is 40.7. The Morgan fingerprint density at radius 3 is 2.19 bits per heavy atom. The number of amides is 2. The number of methoxy groups -OCH3 is 2. The van der Waals surface area contributed by atoms with Crippen LogP contribution < -0.4 is 10.6 Å². The van der Waals surface area contributed by atoms with Crippen LogP contribution in [0.25, 0.3) is 0 Å². The fraction of sp³-hybridized carbons (Fsp3) is 0.604. The Morgan fingerprint density at radius 1 is 0.931 bits per heavy atom. The Morgan fingerprint density at radius 2 is 1.60 bits per heavy atom. The van der Waals surface area contributed by atoms with Gasteiger partial charge >= 0.3 is 30.0 Å². The molecule has 0 aromatic heterocycles. The molecule has 0 radical (unpaired) electrons. The fourth-order valence-corrected chi connectivity index (χ4v) is 10.7. The Kier molecular flexibility index (Phi) is 11.5. The highest BCUT2D eigenvalue weighted by molar-refractivity contribution is 5.94. The van der Waals surface area contributed by atoms with Crippen molar-refractivity contribution in [3.8, 4) is 0 Å². The molecule has 1 unspecified atom stereocenters. The molecule has 19 nitrogen and oxygen atoms in total. The smallest absolute Gasteiger partial charge is 0.408 e. The SMILES string of the molecule is [2H]C([2H])([2H])O[C@H]1C(=O)[C@]2(C)[C@@H](OC([2H])([2H])[2H])C[C@H]3OC[C@@]3(OC(C)=O)[C@H]2[C@H](OC(=O)c2ccccc2)[C@]2(O)C[C@H](OC(=O)[C@H](OC(=O)C(C)NC(=O)CCOCC)[C@@H](NC(=O)OC(C([2H])([2H])[2H])(C([2H])([2H])[2H])C([2H])([2H])[2H])c3ccccc3)C(C)=C1C2(C)C. The van der Waals surface area contributed by atoms with Crippen LogP contribution in [0, 0.1) is 16.7 Å². The molecule has 19 heteroatoms. The molecule has 2 saturated carbocycles. The van der Waals surface area contributed by atoms with Gasteiger partial charge in [-0.05, 0) is 77.1 Å². The third-order valence-electron chi connectivity index (χ3n) is 14.2. The quantitative estimate of drug-likeness (QED) is 0.0812. The summed E-state index contributed by atoms with van der Waals surface area (Å²) in [5.41, 5.74) is -15.1. The lowest BCUT2D eigenvalue weighted by atomic mass is 9.44. The first-order chi connectivity index (χ1) is 39.8. The number of benzene rings is 2. The van der Waals surface area contributed by atoms with Gasteiger partial charge in [-0.1, -0.05) is 62.4 Å². The van der Waals surface area contributed by atoms with E-state index in [0.29, 0.717) is 0 Å². The summed E-state index contributed by atoms with van der Waals surface area (Å²) in [5, 5.41) is 18.6. The van der Waals surface area contributed by atoms with E-state index in [4.69, 9.17) is 63.2 Å². The molecular formula is C53H70N2O17. The lowest BCUT2D eigenvalue weighted by molar-refractivity contribution is -0.347.